The molecule has 1 unspecified atom stereocenters. The third kappa shape index (κ3) is 4.50. The van der Waals surface area contributed by atoms with Gasteiger partial charge in [0.15, 0.2) is 11.5 Å². The van der Waals surface area contributed by atoms with Gasteiger partial charge >= 0.3 is 5.97 Å². The summed E-state index contributed by atoms with van der Waals surface area (Å²) in [5.74, 6) is -0.192. The molecule has 1 rings (SSSR count). The first-order chi connectivity index (χ1) is 9.49. The van der Waals surface area contributed by atoms with Crippen LogP contribution in [-0.4, -0.2) is 46.4 Å². The summed E-state index contributed by atoms with van der Waals surface area (Å²) < 4.78 is 4.87. The minimum absolute atomic E-state index is 0.0545. The number of aromatic hydroxyl groups is 2. The molecule has 0 radical (unpaired) electrons. The summed E-state index contributed by atoms with van der Waals surface area (Å²) in [6.45, 7) is 0.148. The Bertz CT molecular complexity index is 466. The average molecular weight is 301 g/mol. The minimum Gasteiger partial charge on any atom is -0.507 e. The number of rotatable bonds is 8. The molecule has 1 atom stereocenters. The van der Waals surface area contributed by atoms with E-state index < -0.39 is 12.0 Å². The number of thioether (sulfide) groups is 1. The Labute approximate surface area is 121 Å². The Kier molecular flexibility index (Phi) is 6.47. The second-order valence-electron chi connectivity index (χ2n) is 4.21. The Morgan fingerprint density at radius 3 is 2.65 bits per heavy atom. The maximum Gasteiger partial charge on any atom is 0.320 e. The zero-order valence-electron chi connectivity index (χ0n) is 11.4. The number of carboxylic acids is 1. The highest BCUT2D eigenvalue weighted by Gasteiger charge is 2.17. The summed E-state index contributed by atoms with van der Waals surface area (Å²) >= 11 is 1.57. The largest absolute Gasteiger partial charge is 0.507 e. The van der Waals surface area contributed by atoms with Gasteiger partial charge in [-0.1, -0.05) is 0 Å². The van der Waals surface area contributed by atoms with Crippen molar-refractivity contribution < 1.29 is 24.9 Å². The molecular formula is C13H19NO5S. The number of hydrogen-bond acceptors (Lipinski definition) is 6. The molecule has 7 heteroatoms. The first-order valence-corrected chi connectivity index (χ1v) is 7.43. The molecule has 6 nitrogen and oxygen atoms in total. The molecule has 0 saturated heterocycles. The van der Waals surface area contributed by atoms with Gasteiger partial charge in [-0.05, 0) is 24.5 Å². The molecule has 0 fully saturated rings. The summed E-state index contributed by atoms with van der Waals surface area (Å²) in [6, 6.07) is 1.96. The van der Waals surface area contributed by atoms with E-state index in [1.807, 2.05) is 6.26 Å². The predicted octanol–water partition coefficient (Wildman–Crippen LogP) is 1.40. The summed E-state index contributed by atoms with van der Waals surface area (Å²) in [7, 11) is 1.38. The second kappa shape index (κ2) is 7.86. The van der Waals surface area contributed by atoms with E-state index >= 15 is 0 Å². The van der Waals surface area contributed by atoms with Crippen LogP contribution in [0.3, 0.4) is 0 Å². The number of hydrogen-bond donors (Lipinski definition) is 4. The van der Waals surface area contributed by atoms with E-state index in [4.69, 9.17) is 9.84 Å². The van der Waals surface area contributed by atoms with E-state index in [-0.39, 0.29) is 23.8 Å². The predicted molar refractivity (Wildman–Crippen MR) is 77.6 cm³/mol. The highest BCUT2D eigenvalue weighted by atomic mass is 32.2. The summed E-state index contributed by atoms with van der Waals surface area (Å²) in [4.78, 5) is 11.1. The van der Waals surface area contributed by atoms with Gasteiger partial charge in [-0.2, -0.15) is 11.8 Å². The summed E-state index contributed by atoms with van der Waals surface area (Å²) in [5, 5.41) is 31.4. The zero-order chi connectivity index (χ0) is 15.1. The van der Waals surface area contributed by atoms with Gasteiger partial charge in [0.25, 0.3) is 0 Å². The van der Waals surface area contributed by atoms with Crippen LogP contribution < -0.4 is 10.1 Å². The van der Waals surface area contributed by atoms with Crippen molar-refractivity contribution >= 4 is 17.7 Å². The number of ether oxygens (including phenoxy) is 1. The molecule has 0 aliphatic heterocycles. The smallest absolute Gasteiger partial charge is 0.320 e. The molecule has 1 aromatic carbocycles. The molecule has 0 amide bonds. The number of phenols is 2. The van der Waals surface area contributed by atoms with E-state index in [0.717, 1.165) is 5.75 Å². The lowest BCUT2D eigenvalue weighted by Gasteiger charge is -2.15. The number of methoxy groups -OCH3 is 1. The van der Waals surface area contributed by atoms with Crippen LogP contribution >= 0.6 is 11.8 Å². The van der Waals surface area contributed by atoms with Crippen molar-refractivity contribution in [2.45, 2.75) is 19.0 Å². The zero-order valence-corrected chi connectivity index (χ0v) is 12.2. The van der Waals surface area contributed by atoms with Gasteiger partial charge in [-0.3, -0.25) is 4.79 Å². The average Bonchev–Trinajstić information content (AvgIpc) is 2.41. The normalized spacial score (nSPS) is 12.1. The van der Waals surface area contributed by atoms with Crippen LogP contribution in [0.2, 0.25) is 0 Å². The minimum atomic E-state index is -0.934. The number of carbonyl (C=O) groups is 1. The monoisotopic (exact) mass is 301 g/mol. The maximum absolute atomic E-state index is 11.1. The number of carboxylic acid groups (broad SMARTS) is 1. The van der Waals surface area contributed by atoms with Crippen molar-refractivity contribution in [3.8, 4) is 17.2 Å². The van der Waals surface area contributed by atoms with Gasteiger partial charge in [0, 0.05) is 18.2 Å². The van der Waals surface area contributed by atoms with Gasteiger partial charge in [-0.15, -0.1) is 0 Å². The second-order valence-corrected chi connectivity index (χ2v) is 5.19. The highest BCUT2D eigenvalue weighted by Crippen LogP contribution is 2.33. The van der Waals surface area contributed by atoms with Crippen molar-refractivity contribution in [1.82, 2.24) is 5.32 Å². The molecule has 0 aliphatic carbocycles. The SMILES string of the molecule is COc1cc(O)c(CNC(CCSC)C(=O)O)cc1O. The molecule has 1 aromatic rings. The first kappa shape index (κ1) is 16.5. The molecule has 0 bridgehead atoms. The Hall–Kier alpha value is -1.60. The molecular weight excluding hydrogens is 282 g/mol. The van der Waals surface area contributed by atoms with Crippen LogP contribution in [0.25, 0.3) is 0 Å². The standard InChI is InChI=1S/C13H19NO5S/c1-19-12-6-10(15)8(5-11(12)16)7-14-9(13(17)18)3-4-20-2/h5-6,9,14-16H,3-4,7H2,1-2H3,(H,17,18). The van der Waals surface area contributed by atoms with Gasteiger partial charge < -0.3 is 25.4 Å². The molecule has 0 aromatic heterocycles. The molecule has 0 saturated carbocycles. The van der Waals surface area contributed by atoms with Gasteiger partial charge in [0.05, 0.1) is 7.11 Å². The van der Waals surface area contributed by atoms with E-state index in [1.165, 1.54) is 19.2 Å². The Balaban J connectivity index is 2.72. The van der Waals surface area contributed by atoms with Crippen LogP contribution in [0, 0.1) is 0 Å². The van der Waals surface area contributed by atoms with Crippen LogP contribution in [0.5, 0.6) is 17.2 Å². The fourth-order valence-electron chi connectivity index (χ4n) is 1.69. The highest BCUT2D eigenvalue weighted by molar-refractivity contribution is 7.98. The van der Waals surface area contributed by atoms with Crippen LogP contribution in [0.4, 0.5) is 0 Å². The molecule has 0 spiro atoms. The maximum atomic E-state index is 11.1. The van der Waals surface area contributed by atoms with Crippen molar-refractivity contribution in [1.29, 1.82) is 0 Å². The number of benzene rings is 1. The summed E-state index contributed by atoms with van der Waals surface area (Å²) in [6.07, 6.45) is 2.39. The van der Waals surface area contributed by atoms with Gasteiger partial charge in [0.2, 0.25) is 0 Å². The third-order valence-electron chi connectivity index (χ3n) is 2.83. The van der Waals surface area contributed by atoms with E-state index in [1.54, 1.807) is 11.8 Å². The number of aliphatic carboxylic acids is 1. The fourth-order valence-corrected chi connectivity index (χ4v) is 2.16. The first-order valence-electron chi connectivity index (χ1n) is 6.03. The van der Waals surface area contributed by atoms with Gasteiger partial charge in [-0.25, -0.2) is 0 Å². The van der Waals surface area contributed by atoms with Gasteiger partial charge in [0.1, 0.15) is 11.8 Å². The number of nitrogens with one attached hydrogen (secondary N) is 1. The van der Waals surface area contributed by atoms with Crippen LogP contribution in [-0.2, 0) is 11.3 Å². The quantitative estimate of drug-likeness (QED) is 0.539. The lowest BCUT2D eigenvalue weighted by Crippen LogP contribution is -2.36. The van der Waals surface area contributed by atoms with Crippen molar-refractivity contribution in [2.75, 3.05) is 19.1 Å². The Morgan fingerprint density at radius 1 is 1.40 bits per heavy atom. The molecule has 0 aliphatic rings. The molecule has 0 heterocycles. The van der Waals surface area contributed by atoms with E-state index in [9.17, 15) is 15.0 Å². The lowest BCUT2D eigenvalue weighted by molar-refractivity contribution is -0.139. The fraction of sp³-hybridized carbons (Fsp3) is 0.462. The third-order valence-corrected chi connectivity index (χ3v) is 3.47. The number of phenolic OH excluding ortho intramolecular Hbond substituents is 2. The van der Waals surface area contributed by atoms with Crippen LogP contribution in [0.15, 0.2) is 12.1 Å². The van der Waals surface area contributed by atoms with E-state index in [2.05, 4.69) is 5.32 Å². The molecule has 4 N–H and O–H groups in total. The van der Waals surface area contributed by atoms with Crippen LogP contribution in [0.1, 0.15) is 12.0 Å². The lowest BCUT2D eigenvalue weighted by atomic mass is 10.1. The molecule has 112 valence electrons. The Morgan fingerprint density at radius 2 is 2.10 bits per heavy atom. The van der Waals surface area contributed by atoms with Crippen molar-refractivity contribution in [2.24, 2.45) is 0 Å². The van der Waals surface area contributed by atoms with Crippen molar-refractivity contribution in [3.05, 3.63) is 17.7 Å². The topological polar surface area (TPSA) is 99.0 Å². The van der Waals surface area contributed by atoms with Crippen molar-refractivity contribution in [3.63, 3.8) is 0 Å². The summed E-state index contributed by atoms with van der Waals surface area (Å²) in [5.41, 5.74) is 0.415. The van der Waals surface area contributed by atoms with E-state index in [0.29, 0.717) is 12.0 Å². The molecule has 20 heavy (non-hydrogen) atoms.